The molecule has 1 atom stereocenters. The predicted octanol–water partition coefficient (Wildman–Crippen LogP) is 2.35. The minimum atomic E-state index is -0.782. The van der Waals surface area contributed by atoms with Crippen molar-refractivity contribution in [1.29, 1.82) is 0 Å². The van der Waals surface area contributed by atoms with Crippen molar-refractivity contribution in [3.05, 3.63) is 59.4 Å². The minimum absolute atomic E-state index is 0.129. The van der Waals surface area contributed by atoms with Gasteiger partial charge in [0.1, 0.15) is 11.6 Å². The number of aliphatic hydroxyl groups excluding tert-OH is 1. The second kappa shape index (κ2) is 6.94. The third-order valence-electron chi connectivity index (χ3n) is 4.32. The van der Waals surface area contributed by atoms with E-state index in [1.165, 1.54) is 0 Å². The SMILES string of the molecule is COc1ccc(C(O)CNC(=O)c2ccc3c(c2)nc(C)n3C)cc1. The summed E-state index contributed by atoms with van der Waals surface area (Å²) in [6.07, 6.45) is -0.782. The molecule has 6 nitrogen and oxygen atoms in total. The van der Waals surface area contributed by atoms with Gasteiger partial charge in [0.15, 0.2) is 0 Å². The van der Waals surface area contributed by atoms with E-state index in [-0.39, 0.29) is 12.5 Å². The van der Waals surface area contributed by atoms with Crippen LogP contribution in [0, 0.1) is 6.92 Å². The highest BCUT2D eigenvalue weighted by Gasteiger charge is 2.13. The van der Waals surface area contributed by atoms with Gasteiger partial charge in [-0.25, -0.2) is 4.98 Å². The largest absolute Gasteiger partial charge is 0.497 e. The number of amides is 1. The summed E-state index contributed by atoms with van der Waals surface area (Å²) < 4.78 is 7.07. The number of aliphatic hydroxyl groups is 1. The summed E-state index contributed by atoms with van der Waals surface area (Å²) >= 11 is 0. The van der Waals surface area contributed by atoms with Gasteiger partial charge >= 0.3 is 0 Å². The minimum Gasteiger partial charge on any atom is -0.497 e. The van der Waals surface area contributed by atoms with Crippen molar-refractivity contribution in [2.24, 2.45) is 7.05 Å². The van der Waals surface area contributed by atoms with Crippen LogP contribution in [0.3, 0.4) is 0 Å². The maximum Gasteiger partial charge on any atom is 0.251 e. The van der Waals surface area contributed by atoms with E-state index in [2.05, 4.69) is 10.3 Å². The van der Waals surface area contributed by atoms with E-state index in [4.69, 9.17) is 4.74 Å². The molecule has 0 radical (unpaired) electrons. The van der Waals surface area contributed by atoms with Crippen LogP contribution in [0.4, 0.5) is 0 Å². The van der Waals surface area contributed by atoms with Crippen molar-refractivity contribution in [3.8, 4) is 5.75 Å². The van der Waals surface area contributed by atoms with Crippen LogP contribution in [-0.2, 0) is 7.05 Å². The number of methoxy groups -OCH3 is 1. The summed E-state index contributed by atoms with van der Waals surface area (Å²) in [4.78, 5) is 16.8. The molecule has 25 heavy (non-hydrogen) atoms. The second-order valence-corrected chi connectivity index (χ2v) is 5.92. The molecule has 0 fully saturated rings. The first kappa shape index (κ1) is 17.0. The topological polar surface area (TPSA) is 76.4 Å². The number of aromatic nitrogens is 2. The van der Waals surface area contributed by atoms with Gasteiger partial charge in [-0.3, -0.25) is 4.79 Å². The number of hydrogen-bond donors (Lipinski definition) is 2. The van der Waals surface area contributed by atoms with Crippen LogP contribution in [0.25, 0.3) is 11.0 Å². The first-order chi connectivity index (χ1) is 12.0. The number of benzene rings is 2. The van der Waals surface area contributed by atoms with Crippen molar-refractivity contribution in [3.63, 3.8) is 0 Å². The average molecular weight is 339 g/mol. The molecule has 1 aromatic heterocycles. The summed E-state index contributed by atoms with van der Waals surface area (Å²) in [5.74, 6) is 1.37. The van der Waals surface area contributed by atoms with Gasteiger partial charge in [0, 0.05) is 19.2 Å². The van der Waals surface area contributed by atoms with Crippen LogP contribution < -0.4 is 10.1 Å². The highest BCUT2D eigenvalue weighted by Crippen LogP contribution is 2.18. The fraction of sp³-hybridized carbons (Fsp3) is 0.263. The molecule has 0 aliphatic carbocycles. The third-order valence-corrected chi connectivity index (χ3v) is 4.32. The fourth-order valence-electron chi connectivity index (χ4n) is 2.70. The molecule has 0 aliphatic heterocycles. The number of nitrogens with one attached hydrogen (secondary N) is 1. The Morgan fingerprint density at radius 2 is 2.00 bits per heavy atom. The molecule has 1 heterocycles. The Hall–Kier alpha value is -2.86. The predicted molar refractivity (Wildman–Crippen MR) is 95.7 cm³/mol. The standard InChI is InChI=1S/C19H21N3O3/c1-12-21-16-10-14(6-9-17(16)22(12)2)19(24)20-11-18(23)13-4-7-15(25-3)8-5-13/h4-10,18,23H,11H2,1-3H3,(H,20,24). The molecule has 0 spiro atoms. The first-order valence-corrected chi connectivity index (χ1v) is 8.03. The van der Waals surface area contributed by atoms with Crippen LogP contribution >= 0.6 is 0 Å². The summed E-state index contributed by atoms with van der Waals surface area (Å²) in [5, 5.41) is 13.0. The van der Waals surface area contributed by atoms with Crippen molar-refractivity contribution < 1.29 is 14.6 Å². The number of carbonyl (C=O) groups is 1. The Bertz CT molecular complexity index is 900. The Morgan fingerprint density at radius 1 is 1.28 bits per heavy atom. The number of aryl methyl sites for hydroxylation is 2. The molecule has 3 aromatic rings. The number of imidazole rings is 1. The zero-order valence-corrected chi connectivity index (χ0v) is 14.5. The lowest BCUT2D eigenvalue weighted by molar-refractivity contribution is 0.0916. The molecule has 1 amide bonds. The van der Waals surface area contributed by atoms with Crippen LogP contribution in [-0.4, -0.2) is 34.2 Å². The fourth-order valence-corrected chi connectivity index (χ4v) is 2.70. The molecule has 3 rings (SSSR count). The maximum absolute atomic E-state index is 12.3. The normalized spacial score (nSPS) is 12.2. The van der Waals surface area contributed by atoms with Crippen LogP contribution in [0.1, 0.15) is 27.8 Å². The van der Waals surface area contributed by atoms with E-state index in [9.17, 15) is 9.90 Å². The van der Waals surface area contributed by atoms with E-state index in [1.54, 1.807) is 43.5 Å². The monoisotopic (exact) mass is 339 g/mol. The third kappa shape index (κ3) is 3.49. The summed E-state index contributed by atoms with van der Waals surface area (Å²) in [7, 11) is 3.53. The van der Waals surface area contributed by atoms with E-state index < -0.39 is 6.10 Å². The van der Waals surface area contributed by atoms with Crippen LogP contribution in [0.15, 0.2) is 42.5 Å². The zero-order chi connectivity index (χ0) is 18.0. The molecule has 0 saturated carbocycles. The number of rotatable bonds is 5. The number of ether oxygens (including phenoxy) is 1. The quantitative estimate of drug-likeness (QED) is 0.748. The Morgan fingerprint density at radius 3 is 2.68 bits per heavy atom. The van der Waals surface area contributed by atoms with Gasteiger partial charge < -0.3 is 19.7 Å². The van der Waals surface area contributed by atoms with Crippen molar-refractivity contribution in [2.75, 3.05) is 13.7 Å². The number of carbonyl (C=O) groups excluding carboxylic acids is 1. The number of fused-ring (bicyclic) bond motifs is 1. The molecule has 0 aliphatic rings. The van der Waals surface area contributed by atoms with E-state index in [0.29, 0.717) is 5.56 Å². The van der Waals surface area contributed by atoms with E-state index in [0.717, 1.165) is 28.2 Å². The van der Waals surface area contributed by atoms with Gasteiger partial charge in [-0.2, -0.15) is 0 Å². The molecule has 2 N–H and O–H groups in total. The van der Waals surface area contributed by atoms with Crippen LogP contribution in [0.2, 0.25) is 0 Å². The summed E-state index contributed by atoms with van der Waals surface area (Å²) in [6, 6.07) is 12.5. The van der Waals surface area contributed by atoms with Gasteiger partial charge in [0.05, 0.1) is 24.2 Å². The Kier molecular flexibility index (Phi) is 4.72. The second-order valence-electron chi connectivity index (χ2n) is 5.92. The molecule has 6 heteroatoms. The van der Waals surface area contributed by atoms with Gasteiger partial charge in [-0.15, -0.1) is 0 Å². The lowest BCUT2D eigenvalue weighted by atomic mass is 10.1. The van der Waals surface area contributed by atoms with Gasteiger partial charge in [0.25, 0.3) is 5.91 Å². The van der Waals surface area contributed by atoms with Gasteiger partial charge in [0.2, 0.25) is 0 Å². The van der Waals surface area contributed by atoms with Crippen LogP contribution in [0.5, 0.6) is 5.75 Å². The van der Waals surface area contributed by atoms with Gasteiger partial charge in [-0.1, -0.05) is 12.1 Å². The van der Waals surface area contributed by atoms with Gasteiger partial charge in [-0.05, 0) is 42.8 Å². The lowest BCUT2D eigenvalue weighted by Gasteiger charge is -2.13. The molecular formula is C19H21N3O3. The molecule has 0 bridgehead atoms. The molecule has 130 valence electrons. The average Bonchev–Trinajstić information content (AvgIpc) is 2.93. The number of hydrogen-bond acceptors (Lipinski definition) is 4. The maximum atomic E-state index is 12.3. The number of nitrogens with zero attached hydrogens (tertiary/aromatic N) is 2. The van der Waals surface area contributed by atoms with Crippen molar-refractivity contribution in [2.45, 2.75) is 13.0 Å². The molecular weight excluding hydrogens is 318 g/mol. The van der Waals surface area contributed by atoms with E-state index >= 15 is 0 Å². The lowest BCUT2D eigenvalue weighted by Crippen LogP contribution is -2.28. The Balaban J connectivity index is 1.67. The first-order valence-electron chi connectivity index (χ1n) is 8.03. The van der Waals surface area contributed by atoms with E-state index in [1.807, 2.05) is 24.6 Å². The molecule has 0 saturated heterocycles. The smallest absolute Gasteiger partial charge is 0.251 e. The summed E-state index contributed by atoms with van der Waals surface area (Å²) in [5.41, 5.74) is 3.00. The Labute approximate surface area is 146 Å². The molecule has 2 aromatic carbocycles. The summed E-state index contributed by atoms with van der Waals surface area (Å²) in [6.45, 7) is 2.05. The molecule has 1 unspecified atom stereocenters. The van der Waals surface area contributed by atoms with Crippen molar-refractivity contribution >= 4 is 16.9 Å². The highest BCUT2D eigenvalue weighted by atomic mass is 16.5. The zero-order valence-electron chi connectivity index (χ0n) is 14.5. The highest BCUT2D eigenvalue weighted by molar-refractivity contribution is 5.97. The van der Waals surface area contributed by atoms with Crippen molar-refractivity contribution in [1.82, 2.24) is 14.9 Å².